The number of rotatable bonds is 6. The molecule has 0 aliphatic heterocycles. The molecule has 0 aromatic rings. The monoisotopic (exact) mass is 245 g/mol. The van der Waals surface area contributed by atoms with Crippen LogP contribution in [0.25, 0.3) is 0 Å². The second-order valence-electron chi connectivity index (χ2n) is 4.31. The quantitative estimate of drug-likeness (QED) is 0.696. The van der Waals surface area contributed by atoms with E-state index < -0.39 is 11.4 Å². The zero-order valence-corrected chi connectivity index (χ0v) is 10.4. The summed E-state index contributed by atoms with van der Waals surface area (Å²) in [5, 5.41) is 12.0. The van der Waals surface area contributed by atoms with Gasteiger partial charge in [0, 0.05) is 18.7 Å². The zero-order chi connectivity index (χ0) is 12.0. The fourth-order valence-electron chi connectivity index (χ4n) is 2.18. The van der Waals surface area contributed by atoms with Gasteiger partial charge in [-0.2, -0.15) is 11.8 Å². The Hall–Kier alpha value is -0.710. The summed E-state index contributed by atoms with van der Waals surface area (Å²) >= 11 is 1.66. The molecule has 0 aromatic carbocycles. The number of aliphatic carboxylic acids is 1. The van der Waals surface area contributed by atoms with E-state index in [2.05, 4.69) is 5.32 Å². The van der Waals surface area contributed by atoms with Crippen molar-refractivity contribution in [1.29, 1.82) is 0 Å². The lowest BCUT2D eigenvalue weighted by Crippen LogP contribution is -2.36. The predicted octanol–water partition coefficient (Wildman–Crippen LogP) is 1.50. The lowest BCUT2D eigenvalue weighted by atomic mass is 9.82. The molecule has 0 radical (unpaired) electrons. The molecule has 0 heterocycles. The summed E-state index contributed by atoms with van der Waals surface area (Å²) in [6.45, 7) is 0.621. The fraction of sp³-hybridized carbons (Fsp3) is 0.818. The normalized spacial score (nSPS) is 18.3. The molecule has 0 bridgehead atoms. The van der Waals surface area contributed by atoms with Gasteiger partial charge in [0.05, 0.1) is 5.41 Å². The number of carbonyl (C=O) groups is 2. The first-order chi connectivity index (χ1) is 7.60. The average Bonchev–Trinajstić information content (AvgIpc) is 2.68. The van der Waals surface area contributed by atoms with Gasteiger partial charge in [-0.25, -0.2) is 0 Å². The third-order valence-corrected chi connectivity index (χ3v) is 3.75. The van der Waals surface area contributed by atoms with Gasteiger partial charge in [0.15, 0.2) is 0 Å². The van der Waals surface area contributed by atoms with Crippen LogP contribution in [0.1, 0.15) is 32.1 Å². The molecule has 92 valence electrons. The Bertz CT molecular complexity index is 262. The maximum Gasteiger partial charge on any atom is 0.310 e. The van der Waals surface area contributed by atoms with Gasteiger partial charge in [0.25, 0.3) is 0 Å². The van der Waals surface area contributed by atoms with E-state index in [0.29, 0.717) is 19.4 Å². The second-order valence-corrected chi connectivity index (χ2v) is 5.30. The van der Waals surface area contributed by atoms with E-state index in [9.17, 15) is 14.7 Å². The maximum atomic E-state index is 11.6. The van der Waals surface area contributed by atoms with E-state index in [-0.39, 0.29) is 12.3 Å². The summed E-state index contributed by atoms with van der Waals surface area (Å²) < 4.78 is 0. The summed E-state index contributed by atoms with van der Waals surface area (Å²) in [5.41, 5.74) is -0.788. The number of nitrogens with one attached hydrogen (secondary N) is 1. The van der Waals surface area contributed by atoms with Crippen molar-refractivity contribution in [2.45, 2.75) is 32.1 Å². The van der Waals surface area contributed by atoms with Crippen LogP contribution >= 0.6 is 11.8 Å². The molecular formula is C11H19NO3S. The highest BCUT2D eigenvalue weighted by molar-refractivity contribution is 7.98. The minimum atomic E-state index is -0.815. The summed E-state index contributed by atoms with van der Waals surface area (Å²) in [6.07, 6.45) is 5.23. The molecule has 1 aliphatic carbocycles. The largest absolute Gasteiger partial charge is 0.481 e. The number of carboxylic acid groups (broad SMARTS) is 1. The maximum absolute atomic E-state index is 11.6. The lowest BCUT2D eigenvalue weighted by molar-refractivity contribution is -0.151. The van der Waals surface area contributed by atoms with Gasteiger partial charge in [-0.05, 0) is 19.1 Å². The Morgan fingerprint density at radius 3 is 2.50 bits per heavy atom. The Kier molecular flexibility index (Phi) is 5.12. The van der Waals surface area contributed by atoms with Crippen LogP contribution in [0.4, 0.5) is 0 Å². The van der Waals surface area contributed by atoms with Gasteiger partial charge < -0.3 is 10.4 Å². The van der Waals surface area contributed by atoms with Crippen molar-refractivity contribution in [3.05, 3.63) is 0 Å². The molecule has 1 fully saturated rings. The number of hydrogen-bond donors (Lipinski definition) is 2. The van der Waals surface area contributed by atoms with Crippen LogP contribution in [0.5, 0.6) is 0 Å². The third-order valence-electron chi connectivity index (χ3n) is 3.14. The van der Waals surface area contributed by atoms with Crippen molar-refractivity contribution in [2.75, 3.05) is 18.6 Å². The molecule has 16 heavy (non-hydrogen) atoms. The predicted molar refractivity (Wildman–Crippen MR) is 64.5 cm³/mol. The molecule has 0 spiro atoms. The fourth-order valence-corrected chi connectivity index (χ4v) is 2.49. The number of hydrogen-bond acceptors (Lipinski definition) is 3. The molecule has 0 aromatic heterocycles. The molecule has 1 saturated carbocycles. The highest BCUT2D eigenvalue weighted by Crippen LogP contribution is 2.41. The third kappa shape index (κ3) is 3.40. The highest BCUT2D eigenvalue weighted by Gasteiger charge is 2.42. The van der Waals surface area contributed by atoms with Crippen LogP contribution in [0.3, 0.4) is 0 Å². The van der Waals surface area contributed by atoms with E-state index in [1.54, 1.807) is 11.8 Å². The molecule has 1 amide bonds. The van der Waals surface area contributed by atoms with Crippen LogP contribution in [0, 0.1) is 5.41 Å². The molecule has 0 atom stereocenters. The van der Waals surface area contributed by atoms with Crippen LogP contribution in [-0.4, -0.2) is 35.5 Å². The number of thioether (sulfide) groups is 1. The van der Waals surface area contributed by atoms with Crippen LogP contribution < -0.4 is 5.32 Å². The topological polar surface area (TPSA) is 66.4 Å². The second kappa shape index (κ2) is 6.13. The summed E-state index contributed by atoms with van der Waals surface area (Å²) in [5.74, 6) is -0.0745. The Morgan fingerprint density at radius 1 is 1.38 bits per heavy atom. The van der Waals surface area contributed by atoms with Gasteiger partial charge in [0.1, 0.15) is 0 Å². The zero-order valence-electron chi connectivity index (χ0n) is 9.62. The van der Waals surface area contributed by atoms with E-state index in [0.717, 1.165) is 18.6 Å². The van der Waals surface area contributed by atoms with Gasteiger partial charge in [-0.3, -0.25) is 9.59 Å². The molecular weight excluding hydrogens is 226 g/mol. The van der Waals surface area contributed by atoms with Crippen molar-refractivity contribution in [3.8, 4) is 0 Å². The van der Waals surface area contributed by atoms with Crippen molar-refractivity contribution in [2.24, 2.45) is 5.41 Å². The average molecular weight is 245 g/mol. The first-order valence-corrected chi connectivity index (χ1v) is 6.99. The van der Waals surface area contributed by atoms with Crippen LogP contribution in [0.15, 0.2) is 0 Å². The molecule has 0 saturated heterocycles. The van der Waals surface area contributed by atoms with Crippen molar-refractivity contribution < 1.29 is 14.7 Å². The van der Waals surface area contributed by atoms with Crippen LogP contribution in [0.2, 0.25) is 0 Å². The van der Waals surface area contributed by atoms with E-state index in [1.165, 1.54) is 0 Å². The number of carboxylic acids is 1. The molecule has 1 rings (SSSR count). The smallest absolute Gasteiger partial charge is 0.310 e. The minimum absolute atomic E-state index is 0.127. The van der Waals surface area contributed by atoms with E-state index >= 15 is 0 Å². The van der Waals surface area contributed by atoms with Gasteiger partial charge in [-0.1, -0.05) is 12.8 Å². The van der Waals surface area contributed by atoms with Gasteiger partial charge in [-0.15, -0.1) is 0 Å². The summed E-state index contributed by atoms with van der Waals surface area (Å²) in [6, 6.07) is 0. The highest BCUT2D eigenvalue weighted by atomic mass is 32.2. The van der Waals surface area contributed by atoms with Crippen molar-refractivity contribution in [1.82, 2.24) is 5.32 Å². The van der Waals surface area contributed by atoms with Gasteiger partial charge in [0.2, 0.25) is 5.91 Å². The molecule has 5 heteroatoms. The Labute approximate surface area is 100 Å². The van der Waals surface area contributed by atoms with E-state index in [4.69, 9.17) is 0 Å². The molecule has 1 aliphatic rings. The Morgan fingerprint density at radius 2 is 2.00 bits per heavy atom. The SMILES string of the molecule is CSCCNC(=O)CC1(C(=O)O)CCCC1. The minimum Gasteiger partial charge on any atom is -0.481 e. The lowest BCUT2D eigenvalue weighted by Gasteiger charge is -2.22. The first kappa shape index (κ1) is 13.4. The number of carbonyl (C=O) groups excluding carboxylic acids is 1. The molecule has 2 N–H and O–H groups in total. The standard InChI is InChI=1S/C11H19NO3S/c1-16-7-6-12-9(13)8-11(10(14)15)4-2-3-5-11/h2-8H2,1H3,(H,12,13)(H,14,15). The Balaban J connectivity index is 2.43. The molecule has 4 nitrogen and oxygen atoms in total. The number of amides is 1. The van der Waals surface area contributed by atoms with Crippen molar-refractivity contribution in [3.63, 3.8) is 0 Å². The van der Waals surface area contributed by atoms with Gasteiger partial charge >= 0.3 is 5.97 Å². The van der Waals surface area contributed by atoms with E-state index in [1.807, 2.05) is 6.26 Å². The summed E-state index contributed by atoms with van der Waals surface area (Å²) in [4.78, 5) is 22.8. The summed E-state index contributed by atoms with van der Waals surface area (Å²) in [7, 11) is 0. The van der Waals surface area contributed by atoms with Crippen LogP contribution in [-0.2, 0) is 9.59 Å². The first-order valence-electron chi connectivity index (χ1n) is 5.60. The van der Waals surface area contributed by atoms with Crippen molar-refractivity contribution >= 4 is 23.6 Å². The molecule has 0 unspecified atom stereocenters.